The van der Waals surface area contributed by atoms with Crippen LogP contribution in [0.4, 0.5) is 8.78 Å². The van der Waals surface area contributed by atoms with Gasteiger partial charge in [-0.1, -0.05) is 62.0 Å². The lowest BCUT2D eigenvalue weighted by atomic mass is 10.1. The van der Waals surface area contributed by atoms with E-state index in [2.05, 4.69) is 37.6 Å². The number of hydrogen-bond donors (Lipinski definition) is 1. The number of H-pyrrole nitrogens is 1. The van der Waals surface area contributed by atoms with Gasteiger partial charge in [-0.3, -0.25) is 4.57 Å². The maximum Gasteiger partial charge on any atom is 0.308 e. The Labute approximate surface area is 211 Å². The summed E-state index contributed by atoms with van der Waals surface area (Å²) in [6, 6.07) is 9.11. The second-order valence-electron chi connectivity index (χ2n) is 8.32. The van der Waals surface area contributed by atoms with Crippen LogP contribution in [-0.4, -0.2) is 40.0 Å². The van der Waals surface area contributed by atoms with Gasteiger partial charge in [0.05, 0.1) is 11.6 Å². The van der Waals surface area contributed by atoms with Crippen molar-refractivity contribution < 1.29 is 8.78 Å². The molecule has 0 bridgehead atoms. The average Bonchev–Trinajstić information content (AvgIpc) is 3.56. The molecule has 35 heavy (non-hydrogen) atoms. The molecule has 4 rings (SSSR count). The molecule has 1 N–H and O–H groups in total. The smallest absolute Gasteiger partial charge is 0.296 e. The topological polar surface area (TPSA) is 90.1 Å². The van der Waals surface area contributed by atoms with Crippen LogP contribution >= 0.6 is 23.2 Å². The first-order chi connectivity index (χ1) is 16.8. The molecule has 186 valence electrons. The molecule has 0 saturated carbocycles. The molecule has 1 aromatic carbocycles. The van der Waals surface area contributed by atoms with Gasteiger partial charge in [0.15, 0.2) is 0 Å². The highest BCUT2D eigenvalue weighted by molar-refractivity contribution is 6.36. The van der Waals surface area contributed by atoms with E-state index >= 15 is 0 Å². The van der Waals surface area contributed by atoms with Crippen LogP contribution < -0.4 is 0 Å². The van der Waals surface area contributed by atoms with Gasteiger partial charge >= 0.3 is 5.92 Å². The summed E-state index contributed by atoms with van der Waals surface area (Å²) in [6.45, 7) is 4.27. The van der Waals surface area contributed by atoms with Crippen molar-refractivity contribution in [1.82, 2.24) is 40.0 Å². The van der Waals surface area contributed by atoms with Crippen molar-refractivity contribution in [2.24, 2.45) is 0 Å². The summed E-state index contributed by atoms with van der Waals surface area (Å²) in [4.78, 5) is 4.23. The predicted molar refractivity (Wildman–Crippen MR) is 130 cm³/mol. The number of tetrazole rings is 1. The first kappa shape index (κ1) is 25.2. The normalized spacial score (nSPS) is 11.9. The van der Waals surface area contributed by atoms with E-state index < -0.39 is 11.7 Å². The van der Waals surface area contributed by atoms with Crippen LogP contribution in [0.3, 0.4) is 0 Å². The number of aromatic amines is 1. The zero-order chi connectivity index (χ0) is 25.0. The molecular formula is C23H26Cl2F2N8. The number of halogens is 4. The molecule has 0 saturated heterocycles. The highest BCUT2D eigenvalue weighted by Gasteiger charge is 2.36. The Bertz CT molecular complexity index is 1250. The van der Waals surface area contributed by atoms with Crippen molar-refractivity contribution in [2.45, 2.75) is 64.8 Å². The first-order valence-electron chi connectivity index (χ1n) is 11.6. The summed E-state index contributed by atoms with van der Waals surface area (Å²) in [5.74, 6) is -2.55. The van der Waals surface area contributed by atoms with Gasteiger partial charge in [0.25, 0.3) is 0 Å². The zero-order valence-electron chi connectivity index (χ0n) is 19.5. The lowest BCUT2D eigenvalue weighted by Gasteiger charge is -2.12. The van der Waals surface area contributed by atoms with Gasteiger partial charge < -0.3 is 0 Å². The SMILES string of the molecule is CCCCc1nc(C(F)(F)CCCC)nn1Cc1ccc(-n2c(Cl)cc(Cl)c2-c2nn[nH]n2)cc1. The molecule has 3 heterocycles. The lowest BCUT2D eigenvalue weighted by Crippen LogP contribution is -2.16. The molecule has 0 spiro atoms. The predicted octanol–water partition coefficient (Wildman–Crippen LogP) is 6.23. The molecule has 3 aromatic heterocycles. The Hall–Kier alpha value is -2.85. The number of rotatable bonds is 11. The molecule has 0 aliphatic rings. The summed E-state index contributed by atoms with van der Waals surface area (Å²) in [6.07, 6.45) is 3.24. The van der Waals surface area contributed by atoms with E-state index in [0.717, 1.165) is 24.1 Å². The molecular weight excluding hydrogens is 497 g/mol. The van der Waals surface area contributed by atoms with Gasteiger partial charge in [-0.15, -0.1) is 15.3 Å². The van der Waals surface area contributed by atoms with Crippen molar-refractivity contribution in [3.63, 3.8) is 0 Å². The molecule has 8 nitrogen and oxygen atoms in total. The number of nitrogens with zero attached hydrogens (tertiary/aromatic N) is 7. The van der Waals surface area contributed by atoms with Gasteiger partial charge in [-0.2, -0.15) is 14.0 Å². The third-order valence-electron chi connectivity index (χ3n) is 5.67. The Kier molecular flexibility index (Phi) is 7.81. The van der Waals surface area contributed by atoms with E-state index in [-0.39, 0.29) is 6.42 Å². The number of unbranched alkanes of at least 4 members (excludes halogenated alkanes) is 2. The van der Waals surface area contributed by atoms with E-state index in [1.807, 2.05) is 31.2 Å². The number of nitrogens with one attached hydrogen (secondary N) is 1. The largest absolute Gasteiger partial charge is 0.308 e. The second-order valence-corrected chi connectivity index (χ2v) is 9.12. The van der Waals surface area contributed by atoms with Crippen molar-refractivity contribution in [1.29, 1.82) is 0 Å². The molecule has 0 fully saturated rings. The van der Waals surface area contributed by atoms with E-state index in [1.54, 1.807) is 15.3 Å². The minimum Gasteiger partial charge on any atom is -0.296 e. The third kappa shape index (κ3) is 5.54. The Morgan fingerprint density at radius 1 is 1.06 bits per heavy atom. The maximum absolute atomic E-state index is 14.7. The first-order valence-corrected chi connectivity index (χ1v) is 12.3. The van der Waals surface area contributed by atoms with Crippen LogP contribution in [0.25, 0.3) is 17.2 Å². The third-order valence-corrected chi connectivity index (χ3v) is 6.23. The highest BCUT2D eigenvalue weighted by atomic mass is 35.5. The summed E-state index contributed by atoms with van der Waals surface area (Å²) < 4.78 is 32.6. The minimum absolute atomic E-state index is 0.252. The van der Waals surface area contributed by atoms with Gasteiger partial charge in [0.1, 0.15) is 16.7 Å². The number of benzene rings is 1. The number of alkyl halides is 2. The quantitative estimate of drug-likeness (QED) is 0.252. The fourth-order valence-corrected chi connectivity index (χ4v) is 4.40. The standard InChI is InChI=1S/C23H26Cl2F2N8/c1-3-5-7-19-28-22(23(26,27)12-6-4-2)31-34(19)14-15-8-10-16(11-9-15)35-18(25)13-17(24)20(35)21-29-32-33-30-21/h8-11,13H,3-7,12,14H2,1-2H3,(H,29,30,32,33). The van der Waals surface area contributed by atoms with Gasteiger partial charge in [0.2, 0.25) is 11.6 Å². The van der Waals surface area contributed by atoms with Crippen LogP contribution in [-0.2, 0) is 18.9 Å². The molecule has 0 aliphatic heterocycles. The fraction of sp³-hybridized carbons (Fsp3) is 0.435. The van der Waals surface area contributed by atoms with E-state index in [0.29, 0.717) is 53.3 Å². The lowest BCUT2D eigenvalue weighted by molar-refractivity contribution is -0.0245. The van der Waals surface area contributed by atoms with Crippen molar-refractivity contribution >= 4 is 23.2 Å². The summed E-state index contributed by atoms with van der Waals surface area (Å²) in [5.41, 5.74) is 2.13. The molecule has 0 amide bonds. The molecule has 12 heteroatoms. The Morgan fingerprint density at radius 3 is 2.46 bits per heavy atom. The number of aromatic nitrogens is 8. The van der Waals surface area contributed by atoms with E-state index in [9.17, 15) is 8.78 Å². The van der Waals surface area contributed by atoms with Crippen LogP contribution in [0.15, 0.2) is 30.3 Å². The van der Waals surface area contributed by atoms with Crippen LogP contribution in [0.5, 0.6) is 0 Å². The summed E-state index contributed by atoms with van der Waals surface area (Å²) >= 11 is 12.8. The van der Waals surface area contributed by atoms with E-state index in [4.69, 9.17) is 23.2 Å². The van der Waals surface area contributed by atoms with Crippen LogP contribution in [0, 0.1) is 0 Å². The average molecular weight is 523 g/mol. The van der Waals surface area contributed by atoms with Crippen molar-refractivity contribution in [3.05, 3.63) is 57.7 Å². The monoisotopic (exact) mass is 522 g/mol. The highest BCUT2D eigenvalue weighted by Crippen LogP contribution is 2.35. The van der Waals surface area contributed by atoms with Gasteiger partial charge in [-0.05, 0) is 41.8 Å². The van der Waals surface area contributed by atoms with Crippen LogP contribution in [0.2, 0.25) is 10.2 Å². The molecule has 0 radical (unpaired) electrons. The fourth-order valence-electron chi connectivity index (χ4n) is 3.78. The molecule has 4 aromatic rings. The van der Waals surface area contributed by atoms with Crippen molar-refractivity contribution in [3.8, 4) is 17.2 Å². The molecule has 0 unspecified atom stereocenters. The number of hydrogen-bond acceptors (Lipinski definition) is 5. The summed E-state index contributed by atoms with van der Waals surface area (Å²) in [5, 5.41) is 19.0. The Morgan fingerprint density at radius 2 is 1.80 bits per heavy atom. The molecule has 0 atom stereocenters. The van der Waals surface area contributed by atoms with Crippen molar-refractivity contribution in [2.75, 3.05) is 0 Å². The second kappa shape index (κ2) is 10.8. The van der Waals surface area contributed by atoms with Gasteiger partial charge in [0, 0.05) is 18.5 Å². The zero-order valence-corrected chi connectivity index (χ0v) is 21.0. The molecule has 0 aliphatic carbocycles. The van der Waals surface area contributed by atoms with E-state index in [1.165, 1.54) is 0 Å². The minimum atomic E-state index is -3.04. The van der Waals surface area contributed by atoms with Crippen LogP contribution in [0.1, 0.15) is 63.2 Å². The van der Waals surface area contributed by atoms with Gasteiger partial charge in [-0.25, -0.2) is 9.67 Å². The Balaban J connectivity index is 1.61. The maximum atomic E-state index is 14.7. The summed E-state index contributed by atoms with van der Waals surface area (Å²) in [7, 11) is 0. The number of aryl methyl sites for hydroxylation is 1.